The summed E-state index contributed by atoms with van der Waals surface area (Å²) in [6.07, 6.45) is 0. The van der Waals surface area contributed by atoms with E-state index in [9.17, 15) is 19.8 Å². The van der Waals surface area contributed by atoms with Crippen LogP contribution in [0.25, 0.3) is 0 Å². The van der Waals surface area contributed by atoms with Crippen molar-refractivity contribution in [3.63, 3.8) is 0 Å². The molecule has 0 spiro atoms. The molecule has 0 aliphatic heterocycles. The van der Waals surface area contributed by atoms with Crippen LogP contribution in [0.15, 0.2) is 48.5 Å². The summed E-state index contributed by atoms with van der Waals surface area (Å²) in [7, 11) is 0. The lowest BCUT2D eigenvalue weighted by atomic mass is 9.72. The molecule has 3 aromatic carbocycles. The minimum Gasteiger partial charge on any atom is -0.508 e. The number of phenols is 2. The first-order valence-electron chi connectivity index (χ1n) is 10.4. The molecule has 33 heavy (non-hydrogen) atoms. The molecule has 3 aromatic rings. The van der Waals surface area contributed by atoms with Crippen LogP contribution < -0.4 is 0 Å². The molecular weight excluding hydrogens is 420 g/mol. The molecule has 174 valence electrons. The van der Waals surface area contributed by atoms with E-state index in [0.29, 0.717) is 5.75 Å². The van der Waals surface area contributed by atoms with Crippen molar-refractivity contribution < 1.29 is 30.0 Å². The second-order valence-corrected chi connectivity index (χ2v) is 8.58. The van der Waals surface area contributed by atoms with Gasteiger partial charge in [0.25, 0.3) is 0 Å². The summed E-state index contributed by atoms with van der Waals surface area (Å²) in [6.45, 7) is 12.4. The van der Waals surface area contributed by atoms with E-state index in [2.05, 4.69) is 27.7 Å². The third-order valence-electron chi connectivity index (χ3n) is 6.18. The Labute approximate surface area is 193 Å². The Kier molecular flexibility index (Phi) is 7.54. The van der Waals surface area contributed by atoms with Gasteiger partial charge in [0.05, 0.1) is 11.1 Å². The summed E-state index contributed by atoms with van der Waals surface area (Å²) in [5, 5.41) is 36.7. The fraction of sp³-hybridized carbons (Fsp3) is 0.259. The number of benzene rings is 3. The Hall–Kier alpha value is -3.80. The largest absolute Gasteiger partial charge is 0.508 e. The van der Waals surface area contributed by atoms with E-state index in [4.69, 9.17) is 10.2 Å². The van der Waals surface area contributed by atoms with Crippen molar-refractivity contribution in [3.05, 3.63) is 93.0 Å². The maximum absolute atomic E-state index is 10.3. The van der Waals surface area contributed by atoms with Gasteiger partial charge in [-0.05, 0) is 97.5 Å². The van der Waals surface area contributed by atoms with Gasteiger partial charge in [0.1, 0.15) is 11.5 Å². The van der Waals surface area contributed by atoms with Crippen molar-refractivity contribution in [3.8, 4) is 11.5 Å². The Balaban J connectivity index is 0.000000273. The minimum atomic E-state index is -1.06. The predicted molar refractivity (Wildman–Crippen MR) is 128 cm³/mol. The van der Waals surface area contributed by atoms with Crippen molar-refractivity contribution in [2.45, 2.75) is 47.0 Å². The number of carboxylic acid groups (broad SMARTS) is 2. The smallest absolute Gasteiger partial charge is 0.335 e. The topological polar surface area (TPSA) is 115 Å². The summed E-state index contributed by atoms with van der Waals surface area (Å²) in [5.41, 5.74) is 6.53. The van der Waals surface area contributed by atoms with Crippen LogP contribution in [0.3, 0.4) is 0 Å². The third-order valence-corrected chi connectivity index (χ3v) is 6.18. The molecular formula is C27H30O6. The maximum atomic E-state index is 10.3. The Morgan fingerprint density at radius 2 is 1.00 bits per heavy atom. The number of carbonyl (C=O) groups is 2. The van der Waals surface area contributed by atoms with Crippen LogP contribution in [0.4, 0.5) is 0 Å². The zero-order valence-corrected chi connectivity index (χ0v) is 19.7. The highest BCUT2D eigenvalue weighted by molar-refractivity contribution is 5.91. The van der Waals surface area contributed by atoms with Gasteiger partial charge in [0.2, 0.25) is 0 Å². The third kappa shape index (κ3) is 5.34. The number of hydrogen-bond acceptors (Lipinski definition) is 4. The van der Waals surface area contributed by atoms with E-state index >= 15 is 0 Å². The van der Waals surface area contributed by atoms with Gasteiger partial charge < -0.3 is 20.4 Å². The first kappa shape index (κ1) is 25.5. The fourth-order valence-corrected chi connectivity index (χ4v) is 4.01. The normalized spacial score (nSPS) is 10.8. The van der Waals surface area contributed by atoms with E-state index in [1.54, 1.807) is 12.1 Å². The Morgan fingerprint density at radius 1 is 0.636 bits per heavy atom. The molecule has 0 heterocycles. The quantitative estimate of drug-likeness (QED) is 0.403. The number of phenolic OH excluding ortho intramolecular Hbond substituents is 2. The summed E-state index contributed by atoms with van der Waals surface area (Å²) >= 11 is 0. The molecule has 0 saturated carbocycles. The maximum Gasteiger partial charge on any atom is 0.335 e. The van der Waals surface area contributed by atoms with Crippen LogP contribution in [0.5, 0.6) is 11.5 Å². The van der Waals surface area contributed by atoms with E-state index in [1.807, 2.05) is 26.0 Å². The van der Waals surface area contributed by atoms with E-state index in [0.717, 1.165) is 27.8 Å². The summed E-state index contributed by atoms with van der Waals surface area (Å²) in [5.74, 6) is -1.45. The Morgan fingerprint density at radius 3 is 1.33 bits per heavy atom. The molecule has 0 unspecified atom stereocenters. The summed E-state index contributed by atoms with van der Waals surface area (Å²) < 4.78 is 0. The highest BCUT2D eigenvalue weighted by Gasteiger charge is 2.29. The van der Waals surface area contributed by atoms with Crippen molar-refractivity contribution >= 4 is 11.9 Å². The van der Waals surface area contributed by atoms with Gasteiger partial charge in [-0.2, -0.15) is 0 Å². The van der Waals surface area contributed by atoms with E-state index in [-0.39, 0.29) is 22.3 Å². The highest BCUT2D eigenvalue weighted by Crippen LogP contribution is 2.41. The summed E-state index contributed by atoms with van der Waals surface area (Å²) in [6, 6.07) is 12.4. The van der Waals surface area contributed by atoms with Crippen molar-refractivity contribution in [1.29, 1.82) is 0 Å². The van der Waals surface area contributed by atoms with Gasteiger partial charge in [0, 0.05) is 5.41 Å². The number of carboxylic acids is 2. The van der Waals surface area contributed by atoms with E-state index in [1.165, 1.54) is 29.8 Å². The van der Waals surface area contributed by atoms with Crippen LogP contribution in [0, 0.1) is 27.7 Å². The molecule has 0 aliphatic carbocycles. The molecule has 0 saturated heterocycles. The van der Waals surface area contributed by atoms with Crippen LogP contribution >= 0.6 is 0 Å². The Bertz CT molecular complexity index is 1110. The second-order valence-electron chi connectivity index (χ2n) is 8.58. The second kappa shape index (κ2) is 9.77. The standard InChI is InChI=1S/C19H24O2.C8H6O4/c1-11-13(3)18(21)14(4)12(2)17(11)19(5,6)15-7-9-16(20)10-8-15;9-7(10)5-1-2-6(4-3-5)8(11)12/h7-10,20-21H,1-6H3;1-4H,(H,9,10)(H,11,12). The highest BCUT2D eigenvalue weighted by atomic mass is 16.4. The molecule has 4 N–H and O–H groups in total. The number of hydrogen-bond donors (Lipinski definition) is 4. The molecule has 0 bridgehead atoms. The predicted octanol–water partition coefficient (Wildman–Crippen LogP) is 5.74. The monoisotopic (exact) mass is 450 g/mol. The van der Waals surface area contributed by atoms with Crippen molar-refractivity contribution in [2.24, 2.45) is 0 Å². The van der Waals surface area contributed by atoms with E-state index < -0.39 is 11.9 Å². The minimum absolute atomic E-state index is 0.0833. The lowest BCUT2D eigenvalue weighted by Crippen LogP contribution is -2.23. The molecule has 6 nitrogen and oxygen atoms in total. The first-order valence-corrected chi connectivity index (χ1v) is 10.4. The molecule has 0 fully saturated rings. The van der Waals surface area contributed by atoms with Gasteiger partial charge >= 0.3 is 11.9 Å². The van der Waals surface area contributed by atoms with Crippen LogP contribution in [0.1, 0.15) is 67.9 Å². The van der Waals surface area contributed by atoms with Gasteiger partial charge in [-0.25, -0.2) is 9.59 Å². The molecule has 6 heteroatoms. The van der Waals surface area contributed by atoms with Crippen LogP contribution in [-0.2, 0) is 5.41 Å². The van der Waals surface area contributed by atoms with Crippen molar-refractivity contribution in [1.82, 2.24) is 0 Å². The van der Waals surface area contributed by atoms with Crippen molar-refractivity contribution in [2.75, 3.05) is 0 Å². The first-order chi connectivity index (χ1) is 15.3. The van der Waals surface area contributed by atoms with Crippen LogP contribution in [-0.4, -0.2) is 32.4 Å². The average Bonchev–Trinajstić information content (AvgIpc) is 2.77. The number of aromatic carboxylic acids is 2. The van der Waals surface area contributed by atoms with Gasteiger partial charge in [-0.3, -0.25) is 0 Å². The molecule has 3 rings (SSSR count). The molecule has 0 atom stereocenters. The lowest BCUT2D eigenvalue weighted by Gasteiger charge is -2.32. The molecule has 0 amide bonds. The average molecular weight is 451 g/mol. The number of aromatic hydroxyl groups is 2. The SMILES string of the molecule is Cc1c(C)c(C(C)(C)c2ccc(O)cc2)c(C)c(C)c1O.O=C(O)c1ccc(C(=O)O)cc1. The molecule has 0 aliphatic rings. The molecule has 0 aromatic heterocycles. The van der Waals surface area contributed by atoms with Gasteiger partial charge in [0.15, 0.2) is 0 Å². The molecule has 0 radical (unpaired) electrons. The fourth-order valence-electron chi connectivity index (χ4n) is 4.01. The number of rotatable bonds is 4. The van der Waals surface area contributed by atoms with Gasteiger partial charge in [-0.15, -0.1) is 0 Å². The lowest BCUT2D eigenvalue weighted by molar-refractivity contribution is 0.0681. The zero-order valence-electron chi connectivity index (χ0n) is 19.7. The zero-order chi connectivity index (χ0) is 25.1. The van der Waals surface area contributed by atoms with Crippen LogP contribution in [0.2, 0.25) is 0 Å². The summed E-state index contributed by atoms with van der Waals surface area (Å²) in [4.78, 5) is 20.7. The van der Waals surface area contributed by atoms with Gasteiger partial charge in [-0.1, -0.05) is 26.0 Å².